The number of rotatable bonds is 9. The van der Waals surface area contributed by atoms with Crippen LogP contribution < -0.4 is 4.74 Å². The van der Waals surface area contributed by atoms with Crippen molar-refractivity contribution >= 4 is 17.7 Å². The van der Waals surface area contributed by atoms with Crippen LogP contribution in [0.5, 0.6) is 5.75 Å². The molecule has 2 aromatic carbocycles. The lowest BCUT2D eigenvalue weighted by Gasteiger charge is -2.15. The van der Waals surface area contributed by atoms with E-state index in [9.17, 15) is 14.9 Å². The molecule has 0 N–H and O–H groups in total. The van der Waals surface area contributed by atoms with Crippen molar-refractivity contribution in [1.29, 1.82) is 0 Å². The van der Waals surface area contributed by atoms with Crippen LogP contribution in [0.1, 0.15) is 33.9 Å². The third-order valence-corrected chi connectivity index (χ3v) is 5.65. The van der Waals surface area contributed by atoms with Gasteiger partial charge in [-0.1, -0.05) is 23.9 Å². The van der Waals surface area contributed by atoms with Crippen LogP contribution in [0.2, 0.25) is 0 Å². The molecule has 0 aliphatic heterocycles. The fourth-order valence-electron chi connectivity index (χ4n) is 3.00. The van der Waals surface area contributed by atoms with Crippen molar-refractivity contribution in [3.05, 3.63) is 75.6 Å². The summed E-state index contributed by atoms with van der Waals surface area (Å²) in [5.41, 5.74) is 1.91. The molecule has 1 heterocycles. The van der Waals surface area contributed by atoms with Gasteiger partial charge in [-0.3, -0.25) is 14.7 Å². The Kier molecular flexibility index (Phi) is 7.24. The van der Waals surface area contributed by atoms with Gasteiger partial charge < -0.3 is 9.47 Å². The van der Waals surface area contributed by atoms with Gasteiger partial charge in [0.2, 0.25) is 6.54 Å². The number of hydrogen-bond donors (Lipinski definition) is 0. The van der Waals surface area contributed by atoms with E-state index in [-0.39, 0.29) is 11.5 Å². The molecule has 10 heteroatoms. The first kappa shape index (κ1) is 22.3. The zero-order valence-corrected chi connectivity index (χ0v) is 18.2. The molecule has 0 bridgehead atoms. The lowest BCUT2D eigenvalue weighted by atomic mass is 10.1. The van der Waals surface area contributed by atoms with Gasteiger partial charge in [-0.05, 0) is 55.8 Å². The highest BCUT2D eigenvalue weighted by molar-refractivity contribution is 7.99. The van der Waals surface area contributed by atoms with E-state index >= 15 is 0 Å². The summed E-state index contributed by atoms with van der Waals surface area (Å²) in [6.07, 6.45) is 0. The molecule has 0 amide bonds. The quantitative estimate of drug-likeness (QED) is 0.213. The average molecular weight is 442 g/mol. The summed E-state index contributed by atoms with van der Waals surface area (Å²) in [6.45, 7) is 4.00. The second-order valence-electron chi connectivity index (χ2n) is 6.53. The van der Waals surface area contributed by atoms with Gasteiger partial charge in [-0.25, -0.2) is 4.79 Å². The van der Waals surface area contributed by atoms with E-state index in [2.05, 4.69) is 10.2 Å². The molecular weight excluding hydrogens is 420 g/mol. The van der Waals surface area contributed by atoms with E-state index in [0.29, 0.717) is 28.7 Å². The minimum Gasteiger partial charge on any atom is -0.494 e. The summed E-state index contributed by atoms with van der Waals surface area (Å²) in [7, 11) is 1.30. The van der Waals surface area contributed by atoms with Gasteiger partial charge in [0.1, 0.15) is 16.8 Å². The molecule has 0 unspecified atom stereocenters. The Bertz CT molecular complexity index is 1050. The smallest absolute Gasteiger partial charge is 0.337 e. The van der Waals surface area contributed by atoms with Crippen LogP contribution in [0.25, 0.3) is 5.69 Å². The molecule has 0 spiro atoms. The molecule has 0 aliphatic rings. The summed E-state index contributed by atoms with van der Waals surface area (Å²) >= 11 is 1.25. The van der Waals surface area contributed by atoms with Crippen molar-refractivity contribution in [1.82, 2.24) is 14.8 Å². The molecule has 1 atom stereocenters. The van der Waals surface area contributed by atoms with Crippen LogP contribution in [-0.2, 0) is 4.74 Å². The van der Waals surface area contributed by atoms with Crippen LogP contribution in [0.4, 0.5) is 0 Å². The maximum atomic E-state index is 11.7. The monoisotopic (exact) mass is 442 g/mol. The molecule has 0 saturated carbocycles. The van der Waals surface area contributed by atoms with Crippen LogP contribution >= 0.6 is 11.8 Å². The lowest BCUT2D eigenvalue weighted by Crippen LogP contribution is -2.11. The highest BCUT2D eigenvalue weighted by Crippen LogP contribution is 2.36. The minimum absolute atomic E-state index is 0.308. The van der Waals surface area contributed by atoms with Crippen LogP contribution in [0.3, 0.4) is 0 Å². The maximum Gasteiger partial charge on any atom is 0.337 e. The number of aromatic nitrogens is 3. The average Bonchev–Trinajstić information content (AvgIpc) is 3.13. The third kappa shape index (κ3) is 5.40. The highest BCUT2D eigenvalue weighted by Gasteiger charge is 2.24. The van der Waals surface area contributed by atoms with Gasteiger partial charge in [-0.2, -0.15) is 0 Å². The Hall–Kier alpha value is -3.40. The number of benzene rings is 2. The number of carbonyl (C=O) groups excluding carboxylic acids is 1. The van der Waals surface area contributed by atoms with E-state index in [4.69, 9.17) is 9.47 Å². The lowest BCUT2D eigenvalue weighted by molar-refractivity contribution is -0.479. The van der Waals surface area contributed by atoms with E-state index in [1.54, 1.807) is 24.3 Å². The number of thioether (sulfide) groups is 1. The Morgan fingerprint density at radius 1 is 1.16 bits per heavy atom. The third-order valence-electron chi connectivity index (χ3n) is 4.47. The van der Waals surface area contributed by atoms with Crippen molar-refractivity contribution in [3.63, 3.8) is 0 Å². The number of nitro groups is 1. The minimum atomic E-state index is -0.522. The molecule has 162 valence electrons. The van der Waals surface area contributed by atoms with Gasteiger partial charge in [0.15, 0.2) is 5.16 Å². The number of ether oxygens (including phenoxy) is 2. The predicted molar refractivity (Wildman–Crippen MR) is 116 cm³/mol. The summed E-state index contributed by atoms with van der Waals surface area (Å²) < 4.78 is 12.0. The SMILES string of the molecule is CCOc1ccc(-n2c(C)nnc2S[C@@H](C[N+](=O)[O-])c2ccc(C(=O)OC)cc2)cc1. The number of hydrogen-bond acceptors (Lipinski definition) is 8. The van der Waals surface area contributed by atoms with E-state index in [0.717, 1.165) is 11.4 Å². The molecule has 1 aromatic heterocycles. The Morgan fingerprint density at radius 3 is 2.42 bits per heavy atom. The van der Waals surface area contributed by atoms with Gasteiger partial charge in [0.25, 0.3) is 0 Å². The molecule has 0 fully saturated rings. The van der Waals surface area contributed by atoms with Crippen LogP contribution in [0, 0.1) is 17.0 Å². The number of carbonyl (C=O) groups is 1. The first-order chi connectivity index (χ1) is 14.9. The van der Waals surface area contributed by atoms with Crippen LogP contribution in [0.15, 0.2) is 53.7 Å². The van der Waals surface area contributed by atoms with E-state index in [1.807, 2.05) is 42.7 Å². The molecule has 0 aliphatic carbocycles. The van der Waals surface area contributed by atoms with Gasteiger partial charge >= 0.3 is 5.97 Å². The first-order valence-corrected chi connectivity index (χ1v) is 10.4. The first-order valence-electron chi connectivity index (χ1n) is 9.55. The van der Waals surface area contributed by atoms with Crippen molar-refractivity contribution in [2.24, 2.45) is 0 Å². The normalized spacial score (nSPS) is 11.7. The molecule has 3 aromatic rings. The number of aryl methyl sites for hydroxylation is 1. The Balaban J connectivity index is 1.90. The fraction of sp³-hybridized carbons (Fsp3) is 0.286. The molecule has 9 nitrogen and oxygen atoms in total. The second-order valence-corrected chi connectivity index (χ2v) is 7.70. The second kappa shape index (κ2) is 10.1. The molecule has 3 rings (SSSR count). The predicted octanol–water partition coefficient (Wildman–Crippen LogP) is 3.87. The highest BCUT2D eigenvalue weighted by atomic mass is 32.2. The topological polar surface area (TPSA) is 109 Å². The van der Waals surface area contributed by atoms with Crippen molar-refractivity contribution < 1.29 is 19.2 Å². The maximum absolute atomic E-state index is 11.7. The van der Waals surface area contributed by atoms with Crippen molar-refractivity contribution in [3.8, 4) is 11.4 Å². The van der Waals surface area contributed by atoms with E-state index < -0.39 is 11.2 Å². The van der Waals surface area contributed by atoms with Crippen LogP contribution in [-0.4, -0.2) is 45.9 Å². The van der Waals surface area contributed by atoms with Crippen molar-refractivity contribution in [2.45, 2.75) is 24.3 Å². The molecule has 0 radical (unpaired) electrons. The fourth-order valence-corrected chi connectivity index (χ4v) is 4.17. The molecular formula is C21H22N4O5S. The largest absolute Gasteiger partial charge is 0.494 e. The van der Waals surface area contributed by atoms with E-state index in [1.165, 1.54) is 18.9 Å². The number of esters is 1. The zero-order valence-electron chi connectivity index (χ0n) is 17.3. The summed E-state index contributed by atoms with van der Waals surface area (Å²) in [5.74, 6) is 0.951. The number of nitrogens with zero attached hydrogens (tertiary/aromatic N) is 4. The van der Waals surface area contributed by atoms with Gasteiger partial charge in [0.05, 0.1) is 19.3 Å². The Morgan fingerprint density at radius 2 is 1.84 bits per heavy atom. The van der Waals surface area contributed by atoms with Gasteiger partial charge in [-0.15, -0.1) is 10.2 Å². The standard InChI is InChI=1S/C21H22N4O5S/c1-4-30-18-11-9-17(10-12-18)25-14(2)22-23-21(25)31-19(13-24(27)28)15-5-7-16(8-6-15)20(26)29-3/h5-12,19H,4,13H2,1-3H3/t19-/m0/s1. The van der Waals surface area contributed by atoms with Crippen molar-refractivity contribution in [2.75, 3.05) is 20.3 Å². The summed E-state index contributed by atoms with van der Waals surface area (Å²) in [4.78, 5) is 22.6. The van der Waals surface area contributed by atoms with Gasteiger partial charge in [0, 0.05) is 10.6 Å². The summed E-state index contributed by atoms with van der Waals surface area (Å²) in [5, 5.41) is 19.7. The summed E-state index contributed by atoms with van der Waals surface area (Å²) in [6, 6.07) is 14.1. The molecule has 31 heavy (non-hydrogen) atoms. The number of methoxy groups -OCH3 is 1. The Labute approximate surface area is 183 Å². The zero-order chi connectivity index (χ0) is 22.4. The molecule has 0 saturated heterocycles.